The fourth-order valence-corrected chi connectivity index (χ4v) is 8.43. The van der Waals surface area contributed by atoms with Gasteiger partial charge in [-0.3, -0.25) is 4.70 Å². The molecule has 1 aliphatic rings. The molecular weight excluding hydrogens is 223 g/mol. The number of halogens is 1. The molecule has 0 unspecified atom stereocenters. The predicted octanol–water partition coefficient (Wildman–Crippen LogP) is 0.000700. The average Bonchev–Trinajstić information content (AvgIpc) is 2.14. The van der Waals surface area contributed by atoms with Crippen LogP contribution in [-0.4, -0.2) is 29.3 Å². The normalized spacial score (nSPS) is 26.1. The van der Waals surface area contributed by atoms with E-state index in [1.54, 1.807) is 0 Å². The van der Waals surface area contributed by atoms with Gasteiger partial charge in [-0.05, 0) is 6.04 Å². The molecule has 1 aliphatic heterocycles. The van der Waals surface area contributed by atoms with E-state index in [1.165, 1.54) is 31.7 Å². The standard InChI is InChI=1S/C6H18O3Si3.FH/c1-2-3-4-5-6-12-8-10-7-11-9-12;/h12H,2-6,10-11H2,1H3;1H. The summed E-state index contributed by atoms with van der Waals surface area (Å²) >= 11 is 0. The highest BCUT2D eigenvalue weighted by molar-refractivity contribution is 6.61. The highest BCUT2D eigenvalue weighted by Gasteiger charge is 2.16. The highest BCUT2D eigenvalue weighted by Crippen LogP contribution is 2.08. The molecule has 0 radical (unpaired) electrons. The topological polar surface area (TPSA) is 27.7 Å². The Labute approximate surface area is 85.5 Å². The minimum Gasteiger partial charge on any atom is -0.425 e. The Kier molecular flexibility index (Phi) is 9.35. The van der Waals surface area contributed by atoms with Gasteiger partial charge in [0, 0.05) is 0 Å². The Bertz CT molecular complexity index is 113. The van der Waals surface area contributed by atoms with E-state index in [0.717, 1.165) is 0 Å². The molecule has 3 nitrogen and oxygen atoms in total. The maximum atomic E-state index is 5.53. The van der Waals surface area contributed by atoms with E-state index in [2.05, 4.69) is 6.92 Å². The minimum atomic E-state index is -1.17. The van der Waals surface area contributed by atoms with E-state index >= 15 is 0 Å². The average molecular weight is 242 g/mol. The minimum absolute atomic E-state index is 0. The van der Waals surface area contributed by atoms with Crippen molar-refractivity contribution in [3.63, 3.8) is 0 Å². The van der Waals surface area contributed by atoms with E-state index in [-0.39, 0.29) is 4.70 Å². The summed E-state index contributed by atoms with van der Waals surface area (Å²) in [5.74, 6) is 0. The second-order valence-corrected chi connectivity index (χ2v) is 9.26. The Hall–Kier alpha value is 0.461. The van der Waals surface area contributed by atoms with Crippen LogP contribution < -0.4 is 0 Å². The monoisotopic (exact) mass is 242 g/mol. The van der Waals surface area contributed by atoms with Crippen LogP contribution in [0.4, 0.5) is 4.70 Å². The molecule has 0 aliphatic carbocycles. The van der Waals surface area contributed by atoms with Crippen molar-refractivity contribution >= 4 is 29.3 Å². The molecule has 0 bridgehead atoms. The quantitative estimate of drug-likeness (QED) is 0.502. The smallest absolute Gasteiger partial charge is 0.303 e. The first-order chi connectivity index (χ1) is 5.93. The van der Waals surface area contributed by atoms with E-state index in [4.69, 9.17) is 12.3 Å². The van der Waals surface area contributed by atoms with Gasteiger partial charge in [0.2, 0.25) is 0 Å². The molecule has 0 atom stereocenters. The lowest BCUT2D eigenvalue weighted by molar-refractivity contribution is 0.321. The molecule has 0 spiro atoms. The van der Waals surface area contributed by atoms with Crippen molar-refractivity contribution in [2.24, 2.45) is 0 Å². The van der Waals surface area contributed by atoms with Gasteiger partial charge in [0.25, 0.3) is 20.0 Å². The molecule has 1 saturated heterocycles. The molecule has 80 valence electrons. The summed E-state index contributed by atoms with van der Waals surface area (Å²) in [4.78, 5) is 0. The summed E-state index contributed by atoms with van der Waals surface area (Å²) in [6, 6.07) is 1.21. The summed E-state index contributed by atoms with van der Waals surface area (Å²) in [7, 11) is -2.33. The molecule has 1 fully saturated rings. The lowest BCUT2D eigenvalue weighted by atomic mass is 10.2. The first-order valence-corrected chi connectivity index (χ1v) is 8.81. The number of unbranched alkanes of at least 4 members (excludes halogenated alkanes) is 3. The lowest BCUT2D eigenvalue weighted by Gasteiger charge is -2.21. The van der Waals surface area contributed by atoms with Crippen LogP contribution in [0.3, 0.4) is 0 Å². The van der Waals surface area contributed by atoms with Gasteiger partial charge in [0.15, 0.2) is 0 Å². The van der Waals surface area contributed by atoms with E-state index in [0.29, 0.717) is 0 Å². The summed E-state index contributed by atoms with van der Waals surface area (Å²) in [5.41, 5.74) is 0. The molecule has 0 aromatic rings. The number of hydrogen-bond donors (Lipinski definition) is 0. The van der Waals surface area contributed by atoms with Gasteiger partial charge in [-0.2, -0.15) is 0 Å². The van der Waals surface area contributed by atoms with Crippen LogP contribution in [0.15, 0.2) is 0 Å². The predicted molar refractivity (Wildman–Crippen MR) is 58.9 cm³/mol. The molecule has 1 heterocycles. The first-order valence-electron chi connectivity index (χ1n) is 4.74. The summed E-state index contributed by atoms with van der Waals surface area (Å²) in [6.45, 7) is 2.23. The lowest BCUT2D eigenvalue weighted by Crippen LogP contribution is -2.34. The number of hydrogen-bond acceptors (Lipinski definition) is 3. The zero-order chi connectivity index (χ0) is 8.65. The molecule has 13 heavy (non-hydrogen) atoms. The van der Waals surface area contributed by atoms with Gasteiger partial charge in [-0.25, -0.2) is 0 Å². The molecular formula is C6H19FO3Si3. The van der Waals surface area contributed by atoms with Crippen molar-refractivity contribution in [1.29, 1.82) is 0 Å². The van der Waals surface area contributed by atoms with Crippen LogP contribution in [-0.2, 0) is 12.3 Å². The maximum Gasteiger partial charge on any atom is 0.303 e. The van der Waals surface area contributed by atoms with Crippen LogP contribution >= 0.6 is 0 Å². The number of rotatable bonds is 5. The summed E-state index contributed by atoms with van der Waals surface area (Å²) < 4.78 is 16.2. The molecule has 0 saturated carbocycles. The molecule has 1 rings (SSSR count). The zero-order valence-corrected chi connectivity index (χ0v) is 12.1. The van der Waals surface area contributed by atoms with Crippen molar-refractivity contribution in [2.75, 3.05) is 0 Å². The first kappa shape index (κ1) is 13.5. The Morgan fingerprint density at radius 1 is 1.08 bits per heavy atom. The second-order valence-electron chi connectivity index (χ2n) is 3.05. The van der Waals surface area contributed by atoms with Gasteiger partial charge in [0.05, 0.1) is 0 Å². The van der Waals surface area contributed by atoms with Gasteiger partial charge < -0.3 is 12.3 Å². The molecule has 0 aromatic heterocycles. The Morgan fingerprint density at radius 3 is 2.38 bits per heavy atom. The van der Waals surface area contributed by atoms with Crippen LogP contribution in [0.1, 0.15) is 32.6 Å². The summed E-state index contributed by atoms with van der Waals surface area (Å²) in [6.07, 6.45) is 5.30. The molecule has 0 amide bonds. The van der Waals surface area contributed by atoms with Crippen LogP contribution in [0.5, 0.6) is 0 Å². The van der Waals surface area contributed by atoms with Crippen LogP contribution in [0, 0.1) is 0 Å². The van der Waals surface area contributed by atoms with Gasteiger partial charge >= 0.3 is 9.28 Å². The van der Waals surface area contributed by atoms with E-state index in [1.807, 2.05) is 0 Å². The fourth-order valence-electron chi connectivity index (χ4n) is 1.23. The molecule has 7 heteroatoms. The van der Waals surface area contributed by atoms with Crippen molar-refractivity contribution in [3.8, 4) is 0 Å². The van der Waals surface area contributed by atoms with E-state index < -0.39 is 29.3 Å². The third-order valence-corrected chi connectivity index (χ3v) is 8.24. The largest absolute Gasteiger partial charge is 0.425 e. The second kappa shape index (κ2) is 9.03. The van der Waals surface area contributed by atoms with Gasteiger partial charge in [-0.15, -0.1) is 0 Å². The molecule has 0 aromatic carbocycles. The Balaban J connectivity index is 0.00000144. The van der Waals surface area contributed by atoms with Gasteiger partial charge in [-0.1, -0.05) is 32.6 Å². The molecule has 0 N–H and O–H groups in total. The fraction of sp³-hybridized carbons (Fsp3) is 1.00. The maximum absolute atomic E-state index is 5.53. The van der Waals surface area contributed by atoms with Crippen molar-refractivity contribution in [3.05, 3.63) is 0 Å². The SMILES string of the molecule is CCCCCC[SiH]1O[SiH2]O[SiH2]O1.F. The third kappa shape index (κ3) is 6.52. The highest BCUT2D eigenvalue weighted by atomic mass is 28.4. The van der Waals surface area contributed by atoms with Crippen LogP contribution in [0.2, 0.25) is 6.04 Å². The third-order valence-electron chi connectivity index (χ3n) is 1.97. The van der Waals surface area contributed by atoms with Crippen LogP contribution in [0.25, 0.3) is 0 Å². The Morgan fingerprint density at radius 2 is 1.77 bits per heavy atom. The van der Waals surface area contributed by atoms with Crippen molar-refractivity contribution in [2.45, 2.75) is 38.7 Å². The van der Waals surface area contributed by atoms with Crippen molar-refractivity contribution < 1.29 is 17.0 Å². The zero-order valence-electron chi connectivity index (χ0n) is 8.16. The van der Waals surface area contributed by atoms with Gasteiger partial charge in [0.1, 0.15) is 0 Å². The van der Waals surface area contributed by atoms with E-state index in [9.17, 15) is 0 Å². The van der Waals surface area contributed by atoms with Crippen molar-refractivity contribution in [1.82, 2.24) is 0 Å². The summed E-state index contributed by atoms with van der Waals surface area (Å²) in [5, 5.41) is 0.